The van der Waals surface area contributed by atoms with Crippen LogP contribution in [0, 0.1) is 5.92 Å². The summed E-state index contributed by atoms with van der Waals surface area (Å²) in [7, 11) is 0. The number of nitrogens with zero attached hydrogens (tertiary/aromatic N) is 1. The standard InChI is InChI=1S/C13H21N3O2/c1-3-10(14)6-11-4-5-12(7-16-11)18-8-9(2)13(15)17/h4-5,7,9-10H,3,6,8,14H2,1-2H3,(H2,15,17). The molecule has 0 aliphatic carbocycles. The molecule has 1 heterocycles. The maximum Gasteiger partial charge on any atom is 0.223 e. The zero-order valence-electron chi connectivity index (χ0n) is 10.9. The molecule has 0 aliphatic heterocycles. The van der Waals surface area contributed by atoms with Gasteiger partial charge in [0.1, 0.15) is 5.75 Å². The van der Waals surface area contributed by atoms with Gasteiger partial charge in [-0.05, 0) is 18.6 Å². The molecular formula is C13H21N3O2. The molecule has 0 saturated carbocycles. The van der Waals surface area contributed by atoms with E-state index in [0.717, 1.165) is 18.5 Å². The largest absolute Gasteiger partial charge is 0.491 e. The van der Waals surface area contributed by atoms with Gasteiger partial charge in [-0.15, -0.1) is 0 Å². The molecule has 0 radical (unpaired) electrons. The molecule has 0 saturated heterocycles. The van der Waals surface area contributed by atoms with Crippen LogP contribution < -0.4 is 16.2 Å². The molecule has 1 aromatic heterocycles. The van der Waals surface area contributed by atoms with Crippen molar-refractivity contribution < 1.29 is 9.53 Å². The highest BCUT2D eigenvalue weighted by atomic mass is 16.5. The second kappa shape index (κ2) is 6.96. The van der Waals surface area contributed by atoms with Crippen molar-refractivity contribution in [2.24, 2.45) is 17.4 Å². The first-order chi connectivity index (χ1) is 8.52. The van der Waals surface area contributed by atoms with Crippen molar-refractivity contribution in [2.45, 2.75) is 32.7 Å². The molecule has 0 fully saturated rings. The summed E-state index contributed by atoms with van der Waals surface area (Å²) in [5, 5.41) is 0. The Kier molecular flexibility index (Phi) is 5.58. The summed E-state index contributed by atoms with van der Waals surface area (Å²) in [5.41, 5.74) is 11.9. The van der Waals surface area contributed by atoms with Crippen molar-refractivity contribution in [3.63, 3.8) is 0 Å². The third-order valence-corrected chi connectivity index (χ3v) is 2.78. The van der Waals surface area contributed by atoms with Crippen LogP contribution in [0.2, 0.25) is 0 Å². The minimum Gasteiger partial charge on any atom is -0.491 e. The quantitative estimate of drug-likeness (QED) is 0.752. The van der Waals surface area contributed by atoms with Crippen LogP contribution >= 0.6 is 0 Å². The normalized spacial score (nSPS) is 13.9. The van der Waals surface area contributed by atoms with E-state index in [1.54, 1.807) is 13.1 Å². The number of rotatable bonds is 7. The van der Waals surface area contributed by atoms with Gasteiger partial charge in [0.2, 0.25) is 5.91 Å². The number of carbonyl (C=O) groups excluding carboxylic acids is 1. The second-order valence-corrected chi connectivity index (χ2v) is 4.47. The Balaban J connectivity index is 2.47. The molecule has 0 aliphatic rings. The van der Waals surface area contributed by atoms with Crippen LogP contribution in [-0.2, 0) is 11.2 Å². The summed E-state index contributed by atoms with van der Waals surface area (Å²) in [4.78, 5) is 15.1. The van der Waals surface area contributed by atoms with E-state index in [0.29, 0.717) is 5.75 Å². The third kappa shape index (κ3) is 4.71. The van der Waals surface area contributed by atoms with Crippen LogP contribution in [-0.4, -0.2) is 23.5 Å². The first-order valence-electron chi connectivity index (χ1n) is 6.15. The fraction of sp³-hybridized carbons (Fsp3) is 0.538. The molecule has 0 aromatic carbocycles. The topological polar surface area (TPSA) is 91.2 Å². The Morgan fingerprint density at radius 1 is 1.50 bits per heavy atom. The van der Waals surface area contributed by atoms with Crippen LogP contribution in [0.25, 0.3) is 0 Å². The van der Waals surface area contributed by atoms with Gasteiger partial charge >= 0.3 is 0 Å². The number of nitrogens with two attached hydrogens (primary N) is 2. The van der Waals surface area contributed by atoms with Gasteiger partial charge in [0.05, 0.1) is 18.7 Å². The van der Waals surface area contributed by atoms with Gasteiger partial charge in [-0.2, -0.15) is 0 Å². The predicted molar refractivity (Wildman–Crippen MR) is 70.1 cm³/mol. The smallest absolute Gasteiger partial charge is 0.223 e. The SMILES string of the molecule is CCC(N)Cc1ccc(OCC(C)C(N)=O)cn1. The number of carbonyl (C=O) groups is 1. The molecule has 1 rings (SSSR count). The molecule has 100 valence electrons. The summed E-state index contributed by atoms with van der Waals surface area (Å²) in [6, 6.07) is 3.86. The van der Waals surface area contributed by atoms with Crippen LogP contribution in [0.1, 0.15) is 26.0 Å². The van der Waals surface area contributed by atoms with E-state index in [9.17, 15) is 4.79 Å². The summed E-state index contributed by atoms with van der Waals surface area (Å²) < 4.78 is 5.42. The molecule has 0 bridgehead atoms. The molecule has 2 unspecified atom stereocenters. The van der Waals surface area contributed by atoms with Crippen LogP contribution in [0.3, 0.4) is 0 Å². The van der Waals surface area contributed by atoms with Crippen LogP contribution in [0.4, 0.5) is 0 Å². The number of primary amides is 1. The Morgan fingerprint density at radius 3 is 2.72 bits per heavy atom. The van der Waals surface area contributed by atoms with Gasteiger partial charge in [-0.25, -0.2) is 0 Å². The maximum absolute atomic E-state index is 10.8. The number of hydrogen-bond donors (Lipinski definition) is 2. The molecule has 2 atom stereocenters. The zero-order chi connectivity index (χ0) is 13.5. The van der Waals surface area contributed by atoms with E-state index in [1.165, 1.54) is 0 Å². The second-order valence-electron chi connectivity index (χ2n) is 4.47. The van der Waals surface area contributed by atoms with Crippen molar-refractivity contribution in [1.82, 2.24) is 4.98 Å². The first-order valence-corrected chi connectivity index (χ1v) is 6.15. The molecule has 1 amide bonds. The van der Waals surface area contributed by atoms with Gasteiger partial charge in [0.25, 0.3) is 0 Å². The van der Waals surface area contributed by atoms with E-state index >= 15 is 0 Å². The van der Waals surface area contributed by atoms with Crippen LogP contribution in [0.15, 0.2) is 18.3 Å². The lowest BCUT2D eigenvalue weighted by atomic mass is 10.1. The Bertz CT molecular complexity index is 378. The zero-order valence-corrected chi connectivity index (χ0v) is 10.9. The lowest BCUT2D eigenvalue weighted by Gasteiger charge is -2.11. The minimum atomic E-state index is -0.367. The molecular weight excluding hydrogens is 230 g/mol. The number of ether oxygens (including phenoxy) is 1. The molecule has 5 nitrogen and oxygen atoms in total. The average molecular weight is 251 g/mol. The van der Waals surface area contributed by atoms with Gasteiger partial charge in [-0.1, -0.05) is 13.8 Å². The van der Waals surface area contributed by atoms with Crippen LogP contribution in [0.5, 0.6) is 5.75 Å². The highest BCUT2D eigenvalue weighted by Crippen LogP contribution is 2.11. The Morgan fingerprint density at radius 2 is 2.22 bits per heavy atom. The number of amides is 1. The summed E-state index contributed by atoms with van der Waals surface area (Å²) >= 11 is 0. The lowest BCUT2D eigenvalue weighted by molar-refractivity contribution is -0.122. The Hall–Kier alpha value is -1.62. The molecule has 4 N–H and O–H groups in total. The van der Waals surface area contributed by atoms with E-state index in [4.69, 9.17) is 16.2 Å². The fourth-order valence-corrected chi connectivity index (χ4v) is 1.33. The number of aromatic nitrogens is 1. The molecule has 5 heteroatoms. The monoisotopic (exact) mass is 251 g/mol. The Labute approximate surface area is 108 Å². The molecule has 0 spiro atoms. The van der Waals surface area contributed by atoms with E-state index in [-0.39, 0.29) is 24.5 Å². The predicted octanol–water partition coefficient (Wildman–Crippen LogP) is 0.862. The van der Waals surface area contributed by atoms with Gasteiger partial charge in [-0.3, -0.25) is 9.78 Å². The van der Waals surface area contributed by atoms with Gasteiger partial charge in [0, 0.05) is 18.2 Å². The lowest BCUT2D eigenvalue weighted by Crippen LogP contribution is -2.25. The van der Waals surface area contributed by atoms with E-state index < -0.39 is 0 Å². The maximum atomic E-state index is 10.8. The number of hydrogen-bond acceptors (Lipinski definition) is 4. The summed E-state index contributed by atoms with van der Waals surface area (Å²) in [6.45, 7) is 4.04. The van der Waals surface area contributed by atoms with Gasteiger partial charge < -0.3 is 16.2 Å². The minimum absolute atomic E-state index is 0.138. The molecule has 18 heavy (non-hydrogen) atoms. The van der Waals surface area contributed by atoms with Gasteiger partial charge in [0.15, 0.2) is 0 Å². The number of pyridine rings is 1. The van der Waals surface area contributed by atoms with Crippen molar-refractivity contribution >= 4 is 5.91 Å². The van der Waals surface area contributed by atoms with Crippen molar-refractivity contribution in [1.29, 1.82) is 0 Å². The summed E-state index contributed by atoms with van der Waals surface area (Å²) in [5.74, 6) is -0.0383. The molecule has 1 aromatic rings. The average Bonchev–Trinajstić information content (AvgIpc) is 2.37. The highest BCUT2D eigenvalue weighted by Gasteiger charge is 2.09. The first kappa shape index (κ1) is 14.4. The highest BCUT2D eigenvalue weighted by molar-refractivity contribution is 5.76. The fourth-order valence-electron chi connectivity index (χ4n) is 1.33. The van der Waals surface area contributed by atoms with E-state index in [1.807, 2.05) is 19.1 Å². The van der Waals surface area contributed by atoms with Crippen molar-refractivity contribution in [3.05, 3.63) is 24.0 Å². The van der Waals surface area contributed by atoms with Crippen molar-refractivity contribution in [3.8, 4) is 5.75 Å². The van der Waals surface area contributed by atoms with E-state index in [2.05, 4.69) is 4.98 Å². The summed E-state index contributed by atoms with van der Waals surface area (Å²) in [6.07, 6.45) is 3.33. The third-order valence-electron chi connectivity index (χ3n) is 2.78. The van der Waals surface area contributed by atoms with Crippen molar-refractivity contribution in [2.75, 3.05) is 6.61 Å².